The first-order chi connectivity index (χ1) is 16.8. The molecule has 2 heterocycles. The zero-order valence-electron chi connectivity index (χ0n) is 18.7. The van der Waals surface area contributed by atoms with E-state index in [2.05, 4.69) is 10.3 Å². The molecule has 0 unspecified atom stereocenters. The van der Waals surface area contributed by atoms with E-state index >= 15 is 0 Å². The van der Waals surface area contributed by atoms with Crippen LogP contribution in [0.3, 0.4) is 0 Å². The largest absolute Gasteiger partial charge is 0.496 e. The lowest BCUT2D eigenvalue weighted by Crippen LogP contribution is -2.45. The van der Waals surface area contributed by atoms with Gasteiger partial charge in [-0.2, -0.15) is 4.31 Å². The first-order valence-electron chi connectivity index (χ1n) is 10.9. The summed E-state index contributed by atoms with van der Waals surface area (Å²) in [5, 5.41) is 19.6. The van der Waals surface area contributed by atoms with E-state index in [9.17, 15) is 13.5 Å². The van der Waals surface area contributed by atoms with Crippen molar-refractivity contribution < 1.29 is 22.9 Å². The van der Waals surface area contributed by atoms with Crippen LogP contribution in [0, 0.1) is 0 Å². The van der Waals surface area contributed by atoms with Gasteiger partial charge in [-0.3, -0.25) is 0 Å². The van der Waals surface area contributed by atoms with Crippen molar-refractivity contribution in [1.82, 2.24) is 14.6 Å². The molecule has 0 aliphatic carbocycles. The molecule has 1 aromatic heterocycles. The monoisotopic (exact) mass is 531 g/mol. The molecule has 1 fully saturated rings. The van der Waals surface area contributed by atoms with E-state index in [0.29, 0.717) is 21.2 Å². The minimum atomic E-state index is -3.90. The maximum atomic E-state index is 13.6. The Morgan fingerprint density at radius 3 is 2.40 bits per heavy atom. The lowest BCUT2D eigenvalue weighted by atomic mass is 9.85. The Morgan fingerprint density at radius 1 is 1.00 bits per heavy atom. The van der Waals surface area contributed by atoms with Gasteiger partial charge in [0.1, 0.15) is 10.6 Å². The second kappa shape index (κ2) is 9.44. The summed E-state index contributed by atoms with van der Waals surface area (Å²) in [4.78, 5) is 1.57. The van der Waals surface area contributed by atoms with Gasteiger partial charge in [-0.25, -0.2) is 13.0 Å². The summed E-state index contributed by atoms with van der Waals surface area (Å²) in [6.07, 6.45) is 0.519. The highest BCUT2D eigenvalue weighted by Gasteiger charge is 2.39. The minimum absolute atomic E-state index is 0.0232. The fourth-order valence-corrected chi connectivity index (χ4v) is 6.91. The van der Waals surface area contributed by atoms with Crippen molar-refractivity contribution in [2.45, 2.75) is 33.1 Å². The number of rotatable bonds is 6. The summed E-state index contributed by atoms with van der Waals surface area (Å²) in [5.74, 6) is 0.695. The van der Waals surface area contributed by atoms with Crippen molar-refractivity contribution in [3.05, 3.63) is 71.2 Å². The Kier molecular flexibility index (Phi) is 6.49. The fourth-order valence-electron chi connectivity index (χ4n) is 4.22. The normalized spacial score (nSPS) is 16.4. The van der Waals surface area contributed by atoms with Crippen LogP contribution in [-0.2, 0) is 15.6 Å². The summed E-state index contributed by atoms with van der Waals surface area (Å²) in [5.41, 5.74) is 0.135. The van der Waals surface area contributed by atoms with Crippen LogP contribution in [0.1, 0.15) is 18.4 Å². The summed E-state index contributed by atoms with van der Waals surface area (Å²) in [6.45, 7) is 0.317. The van der Waals surface area contributed by atoms with E-state index in [1.54, 1.807) is 37.4 Å². The van der Waals surface area contributed by atoms with Crippen LogP contribution in [0.15, 0.2) is 80.0 Å². The number of benzene rings is 3. The van der Waals surface area contributed by atoms with Gasteiger partial charge in [-0.15, -0.1) is 0 Å². The van der Waals surface area contributed by atoms with Gasteiger partial charge in [0.05, 0.1) is 17.6 Å². The Hall–Kier alpha value is -2.63. The van der Waals surface area contributed by atoms with Crippen molar-refractivity contribution in [1.29, 1.82) is 0 Å². The van der Waals surface area contributed by atoms with E-state index in [4.69, 9.17) is 21.0 Å². The standard InChI is InChI=1S/C24H22ClN3O5S2/c1-32-18-4-2-3-5-19(18)34-20-10-11-21(23-22(20)26-33-27-23)35(30,31)28-14-12-24(29,13-15-28)16-6-8-17(25)9-7-16/h2-11,29H,12-15H2,1H3. The molecule has 0 saturated carbocycles. The number of piperidine rings is 1. The molecule has 11 heteroatoms. The van der Waals surface area contributed by atoms with E-state index in [-0.39, 0.29) is 36.3 Å². The number of fused-ring (bicyclic) bond motifs is 1. The molecule has 0 atom stereocenters. The zero-order chi connectivity index (χ0) is 24.6. The van der Waals surface area contributed by atoms with Gasteiger partial charge in [0.15, 0.2) is 11.0 Å². The molecule has 1 saturated heterocycles. The Labute approximate surface area is 211 Å². The molecular weight excluding hydrogens is 510 g/mol. The average Bonchev–Trinajstić information content (AvgIpc) is 3.35. The lowest BCUT2D eigenvalue weighted by molar-refractivity contribution is -0.00960. The number of para-hydroxylation sites is 1. The molecule has 35 heavy (non-hydrogen) atoms. The molecule has 0 spiro atoms. The number of hydrogen-bond donors (Lipinski definition) is 1. The van der Waals surface area contributed by atoms with Gasteiger partial charge in [0.25, 0.3) is 0 Å². The van der Waals surface area contributed by atoms with E-state index in [1.807, 2.05) is 24.3 Å². The minimum Gasteiger partial charge on any atom is -0.496 e. The Morgan fingerprint density at radius 2 is 1.69 bits per heavy atom. The van der Waals surface area contributed by atoms with Crippen LogP contribution in [0.25, 0.3) is 11.0 Å². The molecule has 8 nitrogen and oxygen atoms in total. The highest BCUT2D eigenvalue weighted by atomic mass is 35.5. The third-order valence-corrected chi connectivity index (χ3v) is 9.47. The Balaban J connectivity index is 1.41. The molecule has 3 aromatic carbocycles. The van der Waals surface area contributed by atoms with Gasteiger partial charge in [-0.05, 0) is 65.1 Å². The number of methoxy groups -OCH3 is 1. The van der Waals surface area contributed by atoms with Gasteiger partial charge in [0, 0.05) is 23.0 Å². The second-order valence-electron chi connectivity index (χ2n) is 8.22. The number of aromatic nitrogens is 2. The van der Waals surface area contributed by atoms with Gasteiger partial charge < -0.3 is 9.84 Å². The number of ether oxygens (including phenoxy) is 1. The quantitative estimate of drug-likeness (QED) is 0.381. The van der Waals surface area contributed by atoms with E-state index in [1.165, 1.54) is 22.1 Å². The van der Waals surface area contributed by atoms with Crippen molar-refractivity contribution in [3.63, 3.8) is 0 Å². The number of hydrogen-bond acceptors (Lipinski definition) is 8. The predicted octanol–water partition coefficient (Wildman–Crippen LogP) is 4.71. The first-order valence-corrected chi connectivity index (χ1v) is 13.5. The molecule has 0 radical (unpaired) electrons. The van der Waals surface area contributed by atoms with Crippen LogP contribution >= 0.6 is 23.4 Å². The van der Waals surface area contributed by atoms with Crippen LogP contribution in [0.4, 0.5) is 0 Å². The summed E-state index contributed by atoms with van der Waals surface area (Å²) < 4.78 is 38.8. The third-order valence-electron chi connectivity index (χ3n) is 6.18. The molecule has 4 aromatic rings. The number of halogens is 1. The van der Waals surface area contributed by atoms with E-state index < -0.39 is 15.6 Å². The molecule has 5 rings (SSSR count). The van der Waals surface area contributed by atoms with Crippen LogP contribution in [0.2, 0.25) is 5.02 Å². The average molecular weight is 532 g/mol. The molecule has 1 aliphatic heterocycles. The highest BCUT2D eigenvalue weighted by molar-refractivity contribution is 7.99. The number of aliphatic hydroxyl groups is 1. The first kappa shape index (κ1) is 24.1. The van der Waals surface area contributed by atoms with Crippen molar-refractivity contribution in [3.8, 4) is 5.75 Å². The summed E-state index contributed by atoms with van der Waals surface area (Å²) in [6, 6.07) is 17.7. The van der Waals surface area contributed by atoms with Crippen molar-refractivity contribution >= 4 is 44.4 Å². The molecule has 0 amide bonds. The molecule has 1 aliphatic rings. The molecular formula is C24H22ClN3O5S2. The summed E-state index contributed by atoms with van der Waals surface area (Å²) >= 11 is 7.35. The van der Waals surface area contributed by atoms with Gasteiger partial charge in [-0.1, -0.05) is 47.6 Å². The zero-order valence-corrected chi connectivity index (χ0v) is 21.1. The smallest absolute Gasteiger partial charge is 0.245 e. The second-order valence-corrected chi connectivity index (χ2v) is 11.6. The fraction of sp³-hybridized carbons (Fsp3) is 0.250. The number of sulfonamides is 1. The maximum Gasteiger partial charge on any atom is 0.245 e. The highest BCUT2D eigenvalue weighted by Crippen LogP contribution is 2.40. The topological polar surface area (TPSA) is 106 Å². The van der Waals surface area contributed by atoms with Crippen LogP contribution in [-0.4, -0.2) is 48.3 Å². The SMILES string of the molecule is COc1ccccc1Sc1ccc(S(=O)(=O)N2CCC(O)(c3ccc(Cl)cc3)CC2)c2nonc12. The van der Waals surface area contributed by atoms with Gasteiger partial charge >= 0.3 is 0 Å². The predicted molar refractivity (Wildman–Crippen MR) is 132 cm³/mol. The maximum absolute atomic E-state index is 13.6. The van der Waals surface area contributed by atoms with Crippen LogP contribution in [0.5, 0.6) is 5.75 Å². The van der Waals surface area contributed by atoms with Crippen molar-refractivity contribution in [2.75, 3.05) is 20.2 Å². The Bertz CT molecular complexity index is 1470. The van der Waals surface area contributed by atoms with Crippen molar-refractivity contribution in [2.24, 2.45) is 0 Å². The molecule has 0 bridgehead atoms. The lowest BCUT2D eigenvalue weighted by Gasteiger charge is -2.37. The summed E-state index contributed by atoms with van der Waals surface area (Å²) in [7, 11) is -2.30. The van der Waals surface area contributed by atoms with E-state index in [0.717, 1.165) is 10.5 Å². The molecule has 1 N–H and O–H groups in total. The van der Waals surface area contributed by atoms with Crippen LogP contribution < -0.4 is 4.74 Å². The number of nitrogens with zero attached hydrogens (tertiary/aromatic N) is 3. The third kappa shape index (κ3) is 4.52. The molecule has 182 valence electrons. The van der Waals surface area contributed by atoms with Gasteiger partial charge in [0.2, 0.25) is 10.0 Å².